The van der Waals surface area contributed by atoms with Crippen LogP contribution in [0.2, 0.25) is 0 Å². The van der Waals surface area contributed by atoms with E-state index in [1.54, 1.807) is 18.5 Å². The SMILES string of the molecule is Cc1n[nH]c(C)c1NC(=O)N[C@@H]1CCCN(c2ncccn2)C1. The van der Waals surface area contributed by atoms with Crippen molar-refractivity contribution >= 4 is 17.7 Å². The third-order valence-electron chi connectivity index (χ3n) is 3.96. The van der Waals surface area contributed by atoms with Crippen molar-refractivity contribution in [2.75, 3.05) is 23.3 Å². The van der Waals surface area contributed by atoms with E-state index in [1.807, 2.05) is 13.8 Å². The average Bonchev–Trinajstić information content (AvgIpc) is 2.88. The van der Waals surface area contributed by atoms with Crippen molar-refractivity contribution in [2.24, 2.45) is 0 Å². The van der Waals surface area contributed by atoms with Crippen LogP contribution in [0.4, 0.5) is 16.4 Å². The number of piperidine rings is 1. The van der Waals surface area contributed by atoms with E-state index in [2.05, 4.69) is 35.7 Å². The molecule has 0 aliphatic carbocycles. The second-order valence-corrected chi connectivity index (χ2v) is 5.74. The molecule has 2 aromatic rings. The normalized spacial score (nSPS) is 17.8. The molecule has 0 saturated carbocycles. The summed E-state index contributed by atoms with van der Waals surface area (Å²) in [7, 11) is 0. The maximum atomic E-state index is 12.2. The largest absolute Gasteiger partial charge is 0.339 e. The summed E-state index contributed by atoms with van der Waals surface area (Å²) in [6.45, 7) is 5.35. The molecule has 3 N–H and O–H groups in total. The van der Waals surface area contributed by atoms with Gasteiger partial charge in [-0.15, -0.1) is 0 Å². The highest BCUT2D eigenvalue weighted by Crippen LogP contribution is 2.17. The van der Waals surface area contributed by atoms with Gasteiger partial charge in [-0.3, -0.25) is 5.10 Å². The summed E-state index contributed by atoms with van der Waals surface area (Å²) in [6, 6.07) is 1.66. The van der Waals surface area contributed by atoms with Gasteiger partial charge in [0.05, 0.1) is 17.1 Å². The highest BCUT2D eigenvalue weighted by molar-refractivity contribution is 5.90. The van der Waals surface area contributed by atoms with Crippen molar-refractivity contribution in [3.63, 3.8) is 0 Å². The van der Waals surface area contributed by atoms with Crippen LogP contribution in [0.15, 0.2) is 18.5 Å². The number of hydrogen-bond acceptors (Lipinski definition) is 5. The van der Waals surface area contributed by atoms with Gasteiger partial charge in [-0.25, -0.2) is 14.8 Å². The summed E-state index contributed by atoms with van der Waals surface area (Å²) in [6.07, 6.45) is 5.40. The summed E-state index contributed by atoms with van der Waals surface area (Å²) >= 11 is 0. The molecular formula is C15H21N7O. The van der Waals surface area contributed by atoms with Crippen LogP contribution in [0, 0.1) is 13.8 Å². The monoisotopic (exact) mass is 315 g/mol. The minimum Gasteiger partial charge on any atom is -0.339 e. The quantitative estimate of drug-likeness (QED) is 0.799. The Hall–Kier alpha value is -2.64. The van der Waals surface area contributed by atoms with Crippen LogP contribution < -0.4 is 15.5 Å². The molecule has 0 spiro atoms. The zero-order valence-electron chi connectivity index (χ0n) is 13.3. The Morgan fingerprint density at radius 2 is 2.13 bits per heavy atom. The zero-order chi connectivity index (χ0) is 16.2. The van der Waals surface area contributed by atoms with Gasteiger partial charge >= 0.3 is 6.03 Å². The molecule has 0 aromatic carbocycles. The Balaban J connectivity index is 1.58. The average molecular weight is 315 g/mol. The van der Waals surface area contributed by atoms with Crippen LogP contribution in [0.3, 0.4) is 0 Å². The Morgan fingerprint density at radius 1 is 1.35 bits per heavy atom. The van der Waals surface area contributed by atoms with Crippen molar-refractivity contribution in [3.05, 3.63) is 29.8 Å². The third-order valence-corrected chi connectivity index (χ3v) is 3.96. The van der Waals surface area contributed by atoms with Gasteiger partial charge in [-0.2, -0.15) is 5.10 Å². The number of aromatic nitrogens is 4. The van der Waals surface area contributed by atoms with Crippen molar-refractivity contribution in [3.8, 4) is 0 Å². The zero-order valence-corrected chi connectivity index (χ0v) is 13.3. The topological polar surface area (TPSA) is 98.8 Å². The Kier molecular flexibility index (Phi) is 4.40. The molecule has 0 unspecified atom stereocenters. The number of nitrogens with one attached hydrogen (secondary N) is 3. The number of anilines is 2. The molecule has 1 saturated heterocycles. The summed E-state index contributed by atoms with van der Waals surface area (Å²) in [5, 5.41) is 12.8. The summed E-state index contributed by atoms with van der Waals surface area (Å²) in [4.78, 5) is 22.9. The van der Waals surface area contributed by atoms with Crippen LogP contribution in [0.1, 0.15) is 24.2 Å². The minimum atomic E-state index is -0.210. The highest BCUT2D eigenvalue weighted by Gasteiger charge is 2.23. The first-order chi connectivity index (χ1) is 11.1. The second-order valence-electron chi connectivity index (χ2n) is 5.74. The van der Waals surface area contributed by atoms with Gasteiger partial charge in [0.25, 0.3) is 0 Å². The molecule has 3 heterocycles. The van der Waals surface area contributed by atoms with Gasteiger partial charge in [0.2, 0.25) is 5.95 Å². The van der Waals surface area contributed by atoms with E-state index >= 15 is 0 Å². The second kappa shape index (κ2) is 6.64. The molecule has 8 nitrogen and oxygen atoms in total. The van der Waals surface area contributed by atoms with Crippen LogP contribution in [0.25, 0.3) is 0 Å². The number of carbonyl (C=O) groups is 1. The molecule has 1 atom stereocenters. The Labute approximate surface area is 134 Å². The minimum absolute atomic E-state index is 0.0695. The molecule has 2 aromatic heterocycles. The maximum Gasteiger partial charge on any atom is 0.319 e. The Bertz CT molecular complexity index is 650. The van der Waals surface area contributed by atoms with Crippen molar-refractivity contribution in [1.29, 1.82) is 0 Å². The Morgan fingerprint density at radius 3 is 2.83 bits per heavy atom. The van der Waals surface area contributed by atoms with Crippen LogP contribution >= 0.6 is 0 Å². The molecular weight excluding hydrogens is 294 g/mol. The van der Waals surface area contributed by atoms with E-state index in [-0.39, 0.29) is 12.1 Å². The maximum absolute atomic E-state index is 12.2. The predicted octanol–water partition coefficient (Wildman–Crippen LogP) is 1.61. The van der Waals surface area contributed by atoms with E-state index in [0.717, 1.165) is 36.5 Å². The van der Waals surface area contributed by atoms with Crippen molar-refractivity contribution in [2.45, 2.75) is 32.7 Å². The van der Waals surface area contributed by atoms with Gasteiger partial charge in [0, 0.05) is 31.5 Å². The molecule has 2 amide bonds. The molecule has 3 rings (SSSR count). The van der Waals surface area contributed by atoms with Crippen LogP contribution in [0.5, 0.6) is 0 Å². The molecule has 1 aliphatic heterocycles. The van der Waals surface area contributed by atoms with E-state index in [0.29, 0.717) is 12.5 Å². The number of hydrogen-bond donors (Lipinski definition) is 3. The molecule has 1 aliphatic rings. The number of carbonyl (C=O) groups excluding carboxylic acids is 1. The van der Waals surface area contributed by atoms with E-state index in [9.17, 15) is 4.79 Å². The summed E-state index contributed by atoms with van der Waals surface area (Å²) in [5.74, 6) is 0.709. The highest BCUT2D eigenvalue weighted by atomic mass is 16.2. The number of nitrogens with zero attached hydrogens (tertiary/aromatic N) is 4. The molecule has 0 radical (unpaired) electrons. The summed E-state index contributed by atoms with van der Waals surface area (Å²) in [5.41, 5.74) is 2.36. The lowest BCUT2D eigenvalue weighted by molar-refractivity contribution is 0.246. The molecule has 122 valence electrons. The van der Waals surface area contributed by atoms with Crippen LogP contribution in [-0.2, 0) is 0 Å². The lowest BCUT2D eigenvalue weighted by Gasteiger charge is -2.33. The number of rotatable bonds is 3. The first-order valence-electron chi connectivity index (χ1n) is 7.74. The predicted molar refractivity (Wildman–Crippen MR) is 87.5 cm³/mol. The first kappa shape index (κ1) is 15.3. The first-order valence-corrected chi connectivity index (χ1v) is 7.74. The fourth-order valence-corrected chi connectivity index (χ4v) is 2.80. The third kappa shape index (κ3) is 3.58. The van der Waals surface area contributed by atoms with Gasteiger partial charge < -0.3 is 15.5 Å². The number of urea groups is 1. The molecule has 1 fully saturated rings. The number of H-pyrrole nitrogens is 1. The molecule has 8 heteroatoms. The number of amides is 2. The van der Waals surface area contributed by atoms with Crippen LogP contribution in [-0.4, -0.2) is 45.3 Å². The van der Waals surface area contributed by atoms with Crippen molar-refractivity contribution < 1.29 is 4.79 Å². The smallest absolute Gasteiger partial charge is 0.319 e. The fraction of sp³-hybridized carbons (Fsp3) is 0.467. The van der Waals surface area contributed by atoms with Gasteiger partial charge in [0.15, 0.2) is 0 Å². The molecule has 0 bridgehead atoms. The van der Waals surface area contributed by atoms with Gasteiger partial charge in [-0.1, -0.05) is 0 Å². The standard InChI is InChI=1S/C15H21N7O/c1-10-13(11(2)21-20-10)19-15(23)18-12-5-3-8-22(9-12)14-16-6-4-7-17-14/h4,6-7,12H,3,5,8-9H2,1-2H3,(H,20,21)(H2,18,19,23)/t12-/m1/s1. The van der Waals surface area contributed by atoms with Gasteiger partial charge in [-0.05, 0) is 32.8 Å². The fourth-order valence-electron chi connectivity index (χ4n) is 2.80. The van der Waals surface area contributed by atoms with Crippen molar-refractivity contribution in [1.82, 2.24) is 25.5 Å². The number of aryl methyl sites for hydroxylation is 2. The van der Waals surface area contributed by atoms with Gasteiger partial charge in [0.1, 0.15) is 0 Å². The van der Waals surface area contributed by atoms with E-state index in [1.165, 1.54) is 0 Å². The van der Waals surface area contributed by atoms with E-state index < -0.39 is 0 Å². The lowest BCUT2D eigenvalue weighted by Crippen LogP contribution is -2.49. The van der Waals surface area contributed by atoms with E-state index in [4.69, 9.17) is 0 Å². The lowest BCUT2D eigenvalue weighted by atomic mass is 10.1. The summed E-state index contributed by atoms with van der Waals surface area (Å²) < 4.78 is 0. The molecule has 23 heavy (non-hydrogen) atoms. The number of aromatic amines is 1.